The molecule has 0 saturated heterocycles. The third-order valence-corrected chi connectivity index (χ3v) is 3.40. The molecule has 1 amide bonds. The van der Waals surface area contributed by atoms with Crippen molar-refractivity contribution in [3.05, 3.63) is 29.3 Å². The van der Waals surface area contributed by atoms with Crippen molar-refractivity contribution in [3.8, 4) is 0 Å². The number of nitrogens with one attached hydrogen (secondary N) is 1. The molecule has 0 atom stereocenters. The summed E-state index contributed by atoms with van der Waals surface area (Å²) in [5.41, 5.74) is 2.11. The lowest BCUT2D eigenvalue weighted by molar-refractivity contribution is -0.147. The number of hydrogen-bond acceptors (Lipinski definition) is 4. The fourth-order valence-corrected chi connectivity index (χ4v) is 2.26. The Morgan fingerprint density at radius 3 is 2.28 bits per heavy atom. The maximum absolute atomic E-state index is 12.1. The highest BCUT2D eigenvalue weighted by molar-refractivity contribution is 5.86. The SMILES string of the molecule is CC(C)OC(=O)CCc1ccc(C(C)C)cc1NC(=O)OC(C)(C)C. The molecule has 140 valence electrons. The van der Waals surface area contributed by atoms with Gasteiger partial charge in [-0.3, -0.25) is 10.1 Å². The Kier molecular flexibility index (Phi) is 7.46. The second-order valence-corrected chi connectivity index (χ2v) is 7.74. The summed E-state index contributed by atoms with van der Waals surface area (Å²) in [4.78, 5) is 23.9. The van der Waals surface area contributed by atoms with E-state index in [-0.39, 0.29) is 18.5 Å². The summed E-state index contributed by atoms with van der Waals surface area (Å²) in [6.07, 6.45) is 0.131. The molecule has 0 radical (unpaired) electrons. The van der Waals surface area contributed by atoms with E-state index in [1.807, 2.05) is 52.8 Å². The third-order valence-electron chi connectivity index (χ3n) is 3.40. The lowest BCUT2D eigenvalue weighted by Gasteiger charge is -2.21. The van der Waals surface area contributed by atoms with E-state index in [9.17, 15) is 9.59 Å². The molecule has 25 heavy (non-hydrogen) atoms. The summed E-state index contributed by atoms with van der Waals surface area (Å²) in [6, 6.07) is 5.91. The molecule has 0 heterocycles. The Morgan fingerprint density at radius 2 is 1.76 bits per heavy atom. The Bertz CT molecular complexity index is 600. The van der Waals surface area contributed by atoms with Gasteiger partial charge in [-0.2, -0.15) is 0 Å². The third kappa shape index (κ3) is 8.05. The quantitative estimate of drug-likeness (QED) is 0.731. The zero-order valence-electron chi connectivity index (χ0n) is 16.4. The highest BCUT2D eigenvalue weighted by Gasteiger charge is 2.18. The predicted molar refractivity (Wildman–Crippen MR) is 99.9 cm³/mol. The number of amides is 1. The van der Waals surface area contributed by atoms with Crippen molar-refractivity contribution < 1.29 is 19.1 Å². The van der Waals surface area contributed by atoms with Crippen LogP contribution in [0.15, 0.2) is 18.2 Å². The van der Waals surface area contributed by atoms with Gasteiger partial charge >= 0.3 is 12.1 Å². The van der Waals surface area contributed by atoms with Crippen LogP contribution >= 0.6 is 0 Å². The number of aryl methyl sites for hydroxylation is 1. The van der Waals surface area contributed by atoms with E-state index < -0.39 is 11.7 Å². The molecule has 1 aromatic rings. The van der Waals surface area contributed by atoms with Crippen molar-refractivity contribution in [2.75, 3.05) is 5.32 Å². The van der Waals surface area contributed by atoms with Crippen molar-refractivity contribution in [3.63, 3.8) is 0 Å². The molecule has 0 aromatic heterocycles. The molecule has 0 unspecified atom stereocenters. The first-order chi connectivity index (χ1) is 11.5. The molecule has 0 bridgehead atoms. The van der Waals surface area contributed by atoms with Crippen molar-refractivity contribution >= 4 is 17.7 Å². The summed E-state index contributed by atoms with van der Waals surface area (Å²) in [5.74, 6) is 0.0882. The van der Waals surface area contributed by atoms with Crippen LogP contribution in [-0.4, -0.2) is 23.8 Å². The van der Waals surface area contributed by atoms with E-state index in [2.05, 4.69) is 19.2 Å². The van der Waals surface area contributed by atoms with Gasteiger partial charge in [0, 0.05) is 12.1 Å². The van der Waals surface area contributed by atoms with Gasteiger partial charge in [-0.15, -0.1) is 0 Å². The van der Waals surface area contributed by atoms with Gasteiger partial charge in [0.05, 0.1) is 6.10 Å². The Labute approximate surface area is 151 Å². The van der Waals surface area contributed by atoms with E-state index in [1.54, 1.807) is 0 Å². The summed E-state index contributed by atoms with van der Waals surface area (Å²) >= 11 is 0. The van der Waals surface area contributed by atoms with Crippen LogP contribution in [0.1, 0.15) is 71.9 Å². The first kappa shape index (κ1) is 21.0. The zero-order valence-corrected chi connectivity index (χ0v) is 16.4. The van der Waals surface area contributed by atoms with E-state index in [0.29, 0.717) is 18.0 Å². The molecule has 1 aromatic carbocycles. The monoisotopic (exact) mass is 349 g/mol. The molecule has 5 nitrogen and oxygen atoms in total. The van der Waals surface area contributed by atoms with Crippen molar-refractivity contribution in [2.45, 2.75) is 78.9 Å². The van der Waals surface area contributed by atoms with Crippen LogP contribution in [-0.2, 0) is 20.7 Å². The summed E-state index contributed by atoms with van der Waals surface area (Å²) in [6.45, 7) is 13.3. The molecule has 1 N–H and O–H groups in total. The molecule has 0 spiro atoms. The number of carbonyl (C=O) groups excluding carboxylic acids is 2. The number of carbonyl (C=O) groups is 2. The van der Waals surface area contributed by atoms with Crippen molar-refractivity contribution in [1.82, 2.24) is 0 Å². The maximum atomic E-state index is 12.1. The van der Waals surface area contributed by atoms with Crippen LogP contribution in [0.2, 0.25) is 0 Å². The van der Waals surface area contributed by atoms with Gasteiger partial charge in [-0.05, 0) is 64.2 Å². The number of anilines is 1. The number of hydrogen-bond donors (Lipinski definition) is 1. The Balaban J connectivity index is 2.92. The largest absolute Gasteiger partial charge is 0.463 e. The average Bonchev–Trinajstić information content (AvgIpc) is 2.42. The van der Waals surface area contributed by atoms with Gasteiger partial charge in [0.25, 0.3) is 0 Å². The van der Waals surface area contributed by atoms with E-state index >= 15 is 0 Å². The number of rotatable bonds is 6. The van der Waals surface area contributed by atoms with Crippen molar-refractivity contribution in [2.24, 2.45) is 0 Å². The first-order valence-corrected chi connectivity index (χ1v) is 8.80. The van der Waals surface area contributed by atoms with Crippen molar-refractivity contribution in [1.29, 1.82) is 0 Å². The van der Waals surface area contributed by atoms with Crippen LogP contribution in [0.25, 0.3) is 0 Å². The van der Waals surface area contributed by atoms with Crippen LogP contribution in [0.5, 0.6) is 0 Å². The van der Waals surface area contributed by atoms with E-state index in [1.165, 1.54) is 0 Å². The molecular formula is C20H31NO4. The van der Waals surface area contributed by atoms with Gasteiger partial charge in [-0.25, -0.2) is 4.79 Å². The predicted octanol–water partition coefficient (Wildman–Crippen LogP) is 5.04. The molecule has 1 rings (SSSR count). The minimum atomic E-state index is -0.568. The number of ether oxygens (including phenoxy) is 2. The van der Waals surface area contributed by atoms with Crippen LogP contribution in [0, 0.1) is 0 Å². The van der Waals surface area contributed by atoms with Gasteiger partial charge < -0.3 is 9.47 Å². The lowest BCUT2D eigenvalue weighted by Crippen LogP contribution is -2.27. The lowest BCUT2D eigenvalue weighted by atomic mass is 9.98. The topological polar surface area (TPSA) is 64.6 Å². The minimum absolute atomic E-state index is 0.129. The number of benzene rings is 1. The highest BCUT2D eigenvalue weighted by atomic mass is 16.6. The molecule has 0 aliphatic heterocycles. The van der Waals surface area contributed by atoms with Crippen LogP contribution in [0.4, 0.5) is 10.5 Å². The normalized spacial score (nSPS) is 11.6. The first-order valence-electron chi connectivity index (χ1n) is 8.80. The molecule has 0 aliphatic rings. The average molecular weight is 349 g/mol. The molecule has 5 heteroatoms. The van der Waals surface area contributed by atoms with Gasteiger partial charge in [0.2, 0.25) is 0 Å². The Morgan fingerprint density at radius 1 is 1.12 bits per heavy atom. The molecule has 0 aliphatic carbocycles. The van der Waals surface area contributed by atoms with Crippen LogP contribution in [0.3, 0.4) is 0 Å². The van der Waals surface area contributed by atoms with E-state index in [4.69, 9.17) is 9.47 Å². The highest BCUT2D eigenvalue weighted by Crippen LogP contribution is 2.25. The minimum Gasteiger partial charge on any atom is -0.463 e. The fraction of sp³-hybridized carbons (Fsp3) is 0.600. The number of esters is 1. The second-order valence-electron chi connectivity index (χ2n) is 7.74. The van der Waals surface area contributed by atoms with Crippen LogP contribution < -0.4 is 5.32 Å². The maximum Gasteiger partial charge on any atom is 0.412 e. The standard InChI is InChI=1S/C20H31NO4/c1-13(2)16-9-8-15(10-11-18(22)24-14(3)4)17(12-16)21-19(23)25-20(5,6)7/h8-9,12-14H,10-11H2,1-7H3,(H,21,23). The van der Waals surface area contributed by atoms with E-state index in [0.717, 1.165) is 11.1 Å². The zero-order chi connectivity index (χ0) is 19.2. The summed E-state index contributed by atoms with van der Waals surface area (Å²) < 4.78 is 10.5. The molecule has 0 saturated carbocycles. The van der Waals surface area contributed by atoms with Gasteiger partial charge in [-0.1, -0.05) is 26.0 Å². The Hall–Kier alpha value is -2.04. The second kappa shape index (κ2) is 8.88. The fourth-order valence-electron chi connectivity index (χ4n) is 2.26. The summed E-state index contributed by atoms with van der Waals surface area (Å²) in [5, 5.41) is 2.81. The smallest absolute Gasteiger partial charge is 0.412 e. The molecular weight excluding hydrogens is 318 g/mol. The summed E-state index contributed by atoms with van der Waals surface area (Å²) in [7, 11) is 0. The van der Waals surface area contributed by atoms with Gasteiger partial charge in [0.15, 0.2) is 0 Å². The molecule has 0 fully saturated rings. The van der Waals surface area contributed by atoms with Gasteiger partial charge in [0.1, 0.15) is 5.60 Å².